The SMILES string of the molecule is CCC(O)c1cc(Nc2ccc(NCCc3c[nH]c4ccccc34)cc2)ccn1. The van der Waals surface area contributed by atoms with Gasteiger partial charge in [0.2, 0.25) is 0 Å². The van der Waals surface area contributed by atoms with E-state index < -0.39 is 6.10 Å². The van der Waals surface area contributed by atoms with Crippen LogP contribution >= 0.6 is 0 Å². The molecule has 4 aromatic rings. The van der Waals surface area contributed by atoms with Crippen LogP contribution in [0.3, 0.4) is 0 Å². The molecule has 29 heavy (non-hydrogen) atoms. The number of aromatic nitrogens is 2. The Morgan fingerprint density at radius 2 is 1.79 bits per heavy atom. The minimum absolute atomic E-state index is 0.527. The van der Waals surface area contributed by atoms with E-state index >= 15 is 0 Å². The minimum Gasteiger partial charge on any atom is -0.387 e. The molecule has 0 aliphatic rings. The number of pyridine rings is 1. The monoisotopic (exact) mass is 386 g/mol. The zero-order valence-electron chi connectivity index (χ0n) is 16.5. The Kier molecular flexibility index (Phi) is 5.77. The van der Waals surface area contributed by atoms with E-state index in [4.69, 9.17) is 0 Å². The summed E-state index contributed by atoms with van der Waals surface area (Å²) in [5.74, 6) is 0. The third-order valence-corrected chi connectivity index (χ3v) is 5.08. The number of aromatic amines is 1. The van der Waals surface area contributed by atoms with Crippen molar-refractivity contribution < 1.29 is 5.11 Å². The van der Waals surface area contributed by atoms with Crippen LogP contribution in [0.5, 0.6) is 0 Å². The molecule has 0 spiro atoms. The Labute approximate surface area is 170 Å². The number of rotatable bonds is 8. The summed E-state index contributed by atoms with van der Waals surface area (Å²) in [5.41, 5.74) is 6.20. The molecule has 0 amide bonds. The van der Waals surface area contributed by atoms with Gasteiger partial charge >= 0.3 is 0 Å². The van der Waals surface area contributed by atoms with Crippen molar-refractivity contribution in [2.24, 2.45) is 0 Å². The first-order valence-electron chi connectivity index (χ1n) is 10.0. The Morgan fingerprint density at radius 1 is 1.00 bits per heavy atom. The second kappa shape index (κ2) is 8.80. The van der Waals surface area contributed by atoms with Crippen LogP contribution in [0.15, 0.2) is 73.1 Å². The quantitative estimate of drug-likeness (QED) is 0.327. The highest BCUT2D eigenvalue weighted by Crippen LogP contribution is 2.22. The lowest BCUT2D eigenvalue weighted by atomic mass is 10.1. The zero-order valence-corrected chi connectivity index (χ0v) is 16.5. The molecule has 2 aromatic heterocycles. The summed E-state index contributed by atoms with van der Waals surface area (Å²) in [7, 11) is 0. The Balaban J connectivity index is 1.33. The number of hydrogen-bond donors (Lipinski definition) is 4. The van der Waals surface area contributed by atoms with Gasteiger partial charge in [0.05, 0.1) is 11.8 Å². The van der Waals surface area contributed by atoms with Crippen LogP contribution in [0.25, 0.3) is 10.9 Å². The van der Waals surface area contributed by atoms with Crippen LogP contribution < -0.4 is 10.6 Å². The molecule has 0 aliphatic heterocycles. The Hall–Kier alpha value is -3.31. The first kappa shape index (κ1) is 19.0. The van der Waals surface area contributed by atoms with E-state index in [9.17, 15) is 5.11 Å². The minimum atomic E-state index is -0.527. The second-order valence-corrected chi connectivity index (χ2v) is 7.13. The van der Waals surface area contributed by atoms with Crippen molar-refractivity contribution in [2.45, 2.75) is 25.9 Å². The van der Waals surface area contributed by atoms with Gasteiger partial charge in [-0.15, -0.1) is 0 Å². The number of hydrogen-bond acceptors (Lipinski definition) is 4. The number of H-pyrrole nitrogens is 1. The molecule has 148 valence electrons. The molecule has 0 radical (unpaired) electrons. The van der Waals surface area contributed by atoms with Crippen LogP contribution in [-0.4, -0.2) is 21.6 Å². The summed E-state index contributed by atoms with van der Waals surface area (Å²) in [4.78, 5) is 7.56. The first-order chi connectivity index (χ1) is 14.2. The summed E-state index contributed by atoms with van der Waals surface area (Å²) in [6.07, 6.45) is 4.90. The normalized spacial score (nSPS) is 12.1. The van der Waals surface area contributed by atoms with E-state index in [0.29, 0.717) is 12.1 Å². The van der Waals surface area contributed by atoms with Gasteiger partial charge in [0, 0.05) is 46.9 Å². The van der Waals surface area contributed by atoms with Crippen LogP contribution in [0.4, 0.5) is 17.1 Å². The average Bonchev–Trinajstić information content (AvgIpc) is 3.18. The maximum atomic E-state index is 9.97. The van der Waals surface area contributed by atoms with Gasteiger partial charge in [-0.1, -0.05) is 25.1 Å². The van der Waals surface area contributed by atoms with Gasteiger partial charge < -0.3 is 20.7 Å². The fourth-order valence-electron chi connectivity index (χ4n) is 3.44. The summed E-state index contributed by atoms with van der Waals surface area (Å²) in [5, 5.41) is 18.1. The summed E-state index contributed by atoms with van der Waals surface area (Å²) >= 11 is 0. The highest BCUT2D eigenvalue weighted by Gasteiger charge is 2.07. The standard InChI is InChI=1S/C24H26N4O/c1-2-24(29)23-15-20(12-14-26-23)28-19-9-7-18(8-10-19)25-13-11-17-16-27-22-6-4-3-5-21(17)22/h3-10,12,14-16,24-25,27,29H,2,11,13H2,1H3,(H,26,28). The number of benzene rings is 2. The molecule has 0 fully saturated rings. The van der Waals surface area contributed by atoms with Crippen molar-refractivity contribution in [1.29, 1.82) is 0 Å². The van der Waals surface area contributed by atoms with E-state index in [1.807, 2.05) is 31.2 Å². The lowest BCUT2D eigenvalue weighted by molar-refractivity contribution is 0.169. The van der Waals surface area contributed by atoms with Crippen molar-refractivity contribution in [3.05, 3.63) is 84.3 Å². The fourth-order valence-corrected chi connectivity index (χ4v) is 3.44. The largest absolute Gasteiger partial charge is 0.387 e. The van der Waals surface area contributed by atoms with E-state index in [1.54, 1.807) is 6.20 Å². The number of aliphatic hydroxyl groups is 1. The maximum absolute atomic E-state index is 9.97. The molecule has 5 heteroatoms. The van der Waals surface area contributed by atoms with Crippen LogP contribution in [-0.2, 0) is 6.42 Å². The molecule has 1 atom stereocenters. The van der Waals surface area contributed by atoms with Crippen molar-refractivity contribution >= 4 is 28.0 Å². The summed E-state index contributed by atoms with van der Waals surface area (Å²) < 4.78 is 0. The highest BCUT2D eigenvalue weighted by molar-refractivity contribution is 5.83. The smallest absolute Gasteiger partial charge is 0.0957 e. The molecule has 2 aromatic carbocycles. The van der Waals surface area contributed by atoms with Crippen LogP contribution in [0.1, 0.15) is 30.7 Å². The van der Waals surface area contributed by atoms with E-state index in [2.05, 4.69) is 63.2 Å². The Bertz CT molecular complexity index is 1070. The van der Waals surface area contributed by atoms with Crippen molar-refractivity contribution in [2.75, 3.05) is 17.2 Å². The van der Waals surface area contributed by atoms with E-state index in [-0.39, 0.29) is 0 Å². The van der Waals surface area contributed by atoms with Gasteiger partial charge in [-0.05, 0) is 60.9 Å². The van der Waals surface area contributed by atoms with Crippen LogP contribution in [0, 0.1) is 0 Å². The summed E-state index contributed by atoms with van der Waals surface area (Å²) in [6.45, 7) is 2.81. The number of nitrogens with zero attached hydrogens (tertiary/aromatic N) is 1. The Morgan fingerprint density at radius 3 is 2.62 bits per heavy atom. The van der Waals surface area contributed by atoms with Crippen LogP contribution in [0.2, 0.25) is 0 Å². The molecule has 0 bridgehead atoms. The van der Waals surface area contributed by atoms with Gasteiger partial charge in [0.1, 0.15) is 0 Å². The highest BCUT2D eigenvalue weighted by atomic mass is 16.3. The molecule has 4 N–H and O–H groups in total. The average molecular weight is 386 g/mol. The molecule has 1 unspecified atom stereocenters. The predicted octanol–water partition coefficient (Wildman–Crippen LogP) is 5.40. The van der Waals surface area contributed by atoms with E-state index in [0.717, 1.165) is 30.0 Å². The molecular formula is C24H26N4O. The predicted molar refractivity (Wildman–Crippen MR) is 120 cm³/mol. The van der Waals surface area contributed by atoms with Crippen molar-refractivity contribution in [3.63, 3.8) is 0 Å². The number of fused-ring (bicyclic) bond motifs is 1. The van der Waals surface area contributed by atoms with Gasteiger partial charge in [-0.3, -0.25) is 4.98 Å². The molecule has 0 aliphatic carbocycles. The molecular weight excluding hydrogens is 360 g/mol. The topological polar surface area (TPSA) is 73.0 Å². The third-order valence-electron chi connectivity index (χ3n) is 5.08. The number of anilines is 3. The lowest BCUT2D eigenvalue weighted by Crippen LogP contribution is -2.04. The molecule has 2 heterocycles. The lowest BCUT2D eigenvalue weighted by Gasteiger charge is -2.12. The zero-order chi connectivity index (χ0) is 20.1. The number of aliphatic hydroxyl groups excluding tert-OH is 1. The maximum Gasteiger partial charge on any atom is 0.0957 e. The summed E-state index contributed by atoms with van der Waals surface area (Å²) in [6, 6.07) is 20.4. The van der Waals surface area contributed by atoms with Crippen molar-refractivity contribution in [1.82, 2.24) is 9.97 Å². The van der Waals surface area contributed by atoms with Gasteiger partial charge in [-0.25, -0.2) is 0 Å². The molecule has 0 saturated heterocycles. The molecule has 5 nitrogen and oxygen atoms in total. The second-order valence-electron chi connectivity index (χ2n) is 7.13. The van der Waals surface area contributed by atoms with E-state index in [1.165, 1.54) is 16.5 Å². The van der Waals surface area contributed by atoms with Gasteiger partial charge in [0.25, 0.3) is 0 Å². The first-order valence-corrected chi connectivity index (χ1v) is 10.0. The molecule has 0 saturated carbocycles. The number of para-hydroxylation sites is 1. The third kappa shape index (κ3) is 4.58. The number of nitrogens with one attached hydrogen (secondary N) is 3. The van der Waals surface area contributed by atoms with Gasteiger partial charge in [-0.2, -0.15) is 0 Å². The van der Waals surface area contributed by atoms with Gasteiger partial charge in [0.15, 0.2) is 0 Å². The van der Waals surface area contributed by atoms with Crippen molar-refractivity contribution in [3.8, 4) is 0 Å². The fraction of sp³-hybridized carbons (Fsp3) is 0.208. The molecule has 4 rings (SSSR count).